The van der Waals surface area contributed by atoms with Crippen molar-refractivity contribution in [1.29, 1.82) is 0 Å². The van der Waals surface area contributed by atoms with Gasteiger partial charge in [-0.15, -0.1) is 0 Å². The van der Waals surface area contributed by atoms with Gasteiger partial charge >= 0.3 is 11.7 Å². The van der Waals surface area contributed by atoms with Crippen molar-refractivity contribution < 1.29 is 14.3 Å². The summed E-state index contributed by atoms with van der Waals surface area (Å²) in [7, 11) is 0. The molecule has 0 saturated heterocycles. The number of aromatic amines is 1. The standard InChI is InChI=1S/C22H24N2O4/c1-15-8-9-17(14-16(15)2)20(25)10-11-21(26)28-13-5-12-24-19-7-4-3-6-18(19)23-22(24)27/h3-4,6-9,14H,5,10-13H2,1-2H3,(H,23,27). The Balaban J connectivity index is 1.43. The molecule has 1 heterocycles. The largest absolute Gasteiger partial charge is 0.466 e. The van der Waals surface area contributed by atoms with Gasteiger partial charge in [0.2, 0.25) is 0 Å². The maximum atomic E-state index is 12.2. The Morgan fingerprint density at radius 3 is 2.61 bits per heavy atom. The van der Waals surface area contributed by atoms with Crippen LogP contribution < -0.4 is 5.69 Å². The monoisotopic (exact) mass is 380 g/mol. The molecule has 1 aromatic heterocycles. The number of nitrogens with one attached hydrogen (secondary N) is 1. The number of carbonyl (C=O) groups is 2. The summed E-state index contributed by atoms with van der Waals surface area (Å²) in [6.07, 6.45) is 0.709. The first kappa shape index (κ1) is 19.6. The van der Waals surface area contributed by atoms with E-state index in [0.717, 1.165) is 22.2 Å². The number of imidazole rings is 1. The number of benzene rings is 2. The molecule has 0 fully saturated rings. The minimum absolute atomic E-state index is 0.0544. The molecule has 1 N–H and O–H groups in total. The van der Waals surface area contributed by atoms with E-state index in [1.807, 2.05) is 50.2 Å². The van der Waals surface area contributed by atoms with Gasteiger partial charge in [0, 0.05) is 18.5 Å². The Labute approximate surface area is 163 Å². The van der Waals surface area contributed by atoms with Gasteiger partial charge in [0.25, 0.3) is 0 Å². The SMILES string of the molecule is Cc1ccc(C(=O)CCC(=O)OCCCn2c(=O)[nH]c3ccccc32)cc1C. The second-order valence-corrected chi connectivity index (χ2v) is 6.90. The molecule has 28 heavy (non-hydrogen) atoms. The Morgan fingerprint density at radius 2 is 1.82 bits per heavy atom. The third-order valence-corrected chi connectivity index (χ3v) is 4.86. The summed E-state index contributed by atoms with van der Waals surface area (Å²) in [6.45, 7) is 4.62. The molecule has 0 radical (unpaired) electrons. The molecule has 0 aliphatic rings. The number of aromatic nitrogens is 2. The predicted molar refractivity (Wildman–Crippen MR) is 108 cm³/mol. The molecule has 0 aliphatic carbocycles. The Kier molecular flexibility index (Phi) is 6.09. The number of aryl methyl sites for hydroxylation is 3. The van der Waals surface area contributed by atoms with Crippen LogP contribution in [0, 0.1) is 13.8 Å². The van der Waals surface area contributed by atoms with E-state index in [1.165, 1.54) is 0 Å². The molecule has 0 spiro atoms. The summed E-state index contributed by atoms with van der Waals surface area (Å²) in [4.78, 5) is 38.9. The lowest BCUT2D eigenvalue weighted by Crippen LogP contribution is -2.18. The zero-order chi connectivity index (χ0) is 20.1. The number of fused-ring (bicyclic) bond motifs is 1. The summed E-state index contributed by atoms with van der Waals surface area (Å²) in [5.41, 5.74) is 4.25. The molecule has 2 aromatic carbocycles. The molecular weight excluding hydrogens is 356 g/mol. The number of H-pyrrole nitrogens is 1. The summed E-state index contributed by atoms with van der Waals surface area (Å²) in [5, 5.41) is 0. The molecule has 0 atom stereocenters. The zero-order valence-electron chi connectivity index (χ0n) is 16.2. The Bertz CT molecular complexity index is 1060. The molecule has 0 bridgehead atoms. The van der Waals surface area contributed by atoms with Crippen molar-refractivity contribution in [3.63, 3.8) is 0 Å². The van der Waals surface area contributed by atoms with Gasteiger partial charge in [-0.25, -0.2) is 4.79 Å². The van der Waals surface area contributed by atoms with Crippen LogP contribution in [0.3, 0.4) is 0 Å². The number of hydrogen-bond acceptors (Lipinski definition) is 4. The van der Waals surface area contributed by atoms with Crippen LogP contribution in [0.5, 0.6) is 0 Å². The van der Waals surface area contributed by atoms with Gasteiger partial charge in [0.15, 0.2) is 5.78 Å². The van der Waals surface area contributed by atoms with Gasteiger partial charge in [0.05, 0.1) is 24.1 Å². The normalized spacial score (nSPS) is 10.9. The van der Waals surface area contributed by atoms with Gasteiger partial charge in [-0.05, 0) is 49.6 Å². The minimum atomic E-state index is -0.400. The summed E-state index contributed by atoms with van der Waals surface area (Å²) in [6, 6.07) is 13.0. The Morgan fingerprint density at radius 1 is 1.04 bits per heavy atom. The highest BCUT2D eigenvalue weighted by atomic mass is 16.5. The van der Waals surface area contributed by atoms with E-state index in [0.29, 0.717) is 18.5 Å². The van der Waals surface area contributed by atoms with Gasteiger partial charge in [-0.1, -0.05) is 24.3 Å². The van der Waals surface area contributed by atoms with E-state index < -0.39 is 5.97 Å². The van der Waals surface area contributed by atoms with Crippen LogP contribution >= 0.6 is 0 Å². The lowest BCUT2D eigenvalue weighted by Gasteiger charge is -2.07. The number of carbonyl (C=O) groups excluding carboxylic acids is 2. The van der Waals surface area contributed by atoms with Crippen LogP contribution in [-0.2, 0) is 16.1 Å². The number of hydrogen-bond donors (Lipinski definition) is 1. The number of rotatable bonds is 8. The second-order valence-electron chi connectivity index (χ2n) is 6.90. The van der Waals surface area contributed by atoms with Gasteiger partial charge in [-0.3, -0.25) is 14.2 Å². The third kappa shape index (κ3) is 4.57. The molecule has 0 aliphatic heterocycles. The average Bonchev–Trinajstić information content (AvgIpc) is 3.00. The molecule has 6 heteroatoms. The minimum Gasteiger partial charge on any atom is -0.466 e. The lowest BCUT2D eigenvalue weighted by molar-refractivity contribution is -0.143. The van der Waals surface area contributed by atoms with Gasteiger partial charge in [-0.2, -0.15) is 0 Å². The molecule has 146 valence electrons. The first-order valence-electron chi connectivity index (χ1n) is 9.39. The maximum absolute atomic E-state index is 12.2. The van der Waals surface area contributed by atoms with E-state index >= 15 is 0 Å². The number of para-hydroxylation sites is 2. The van der Waals surface area contributed by atoms with Crippen molar-refractivity contribution in [2.45, 2.75) is 39.7 Å². The van der Waals surface area contributed by atoms with Gasteiger partial charge < -0.3 is 9.72 Å². The quantitative estimate of drug-likeness (QED) is 0.368. The molecule has 3 rings (SSSR count). The Hall–Kier alpha value is -3.15. The highest BCUT2D eigenvalue weighted by molar-refractivity contribution is 5.97. The second kappa shape index (κ2) is 8.69. The van der Waals surface area contributed by atoms with Crippen molar-refractivity contribution in [3.8, 4) is 0 Å². The fourth-order valence-electron chi connectivity index (χ4n) is 3.08. The van der Waals surface area contributed by atoms with Crippen LogP contribution in [0.25, 0.3) is 11.0 Å². The number of esters is 1. The van der Waals surface area contributed by atoms with E-state index in [2.05, 4.69) is 4.98 Å². The summed E-state index contributed by atoms with van der Waals surface area (Å²) in [5.74, 6) is -0.464. The molecule has 0 unspecified atom stereocenters. The van der Waals surface area contributed by atoms with Crippen LogP contribution in [0.4, 0.5) is 0 Å². The fraction of sp³-hybridized carbons (Fsp3) is 0.318. The van der Waals surface area contributed by atoms with E-state index in [9.17, 15) is 14.4 Å². The number of nitrogens with zero attached hydrogens (tertiary/aromatic N) is 1. The predicted octanol–water partition coefficient (Wildman–Crippen LogP) is 3.54. The number of ketones is 1. The van der Waals surface area contributed by atoms with Crippen molar-refractivity contribution in [1.82, 2.24) is 9.55 Å². The molecule has 6 nitrogen and oxygen atoms in total. The van der Waals surface area contributed by atoms with Crippen LogP contribution in [0.2, 0.25) is 0 Å². The first-order chi connectivity index (χ1) is 13.5. The topological polar surface area (TPSA) is 81.2 Å². The lowest BCUT2D eigenvalue weighted by atomic mass is 10.0. The van der Waals surface area contributed by atoms with E-state index in [4.69, 9.17) is 4.74 Å². The van der Waals surface area contributed by atoms with Crippen molar-refractivity contribution in [2.75, 3.05) is 6.61 Å². The zero-order valence-corrected chi connectivity index (χ0v) is 16.2. The third-order valence-electron chi connectivity index (χ3n) is 4.86. The molecule has 3 aromatic rings. The summed E-state index contributed by atoms with van der Waals surface area (Å²) < 4.78 is 6.84. The number of ether oxygens (including phenoxy) is 1. The highest BCUT2D eigenvalue weighted by Gasteiger charge is 2.11. The molecule has 0 saturated carbocycles. The fourth-order valence-corrected chi connectivity index (χ4v) is 3.08. The van der Waals surface area contributed by atoms with Crippen molar-refractivity contribution in [2.24, 2.45) is 0 Å². The number of Topliss-reactive ketones (excluding diaryl/α,β-unsaturated/α-hetero) is 1. The molecular formula is C22H24N2O4. The first-order valence-corrected chi connectivity index (χ1v) is 9.39. The van der Waals surface area contributed by atoms with Crippen LogP contribution in [-0.4, -0.2) is 27.9 Å². The van der Waals surface area contributed by atoms with Crippen molar-refractivity contribution in [3.05, 3.63) is 69.6 Å². The van der Waals surface area contributed by atoms with E-state index in [1.54, 1.807) is 10.6 Å². The van der Waals surface area contributed by atoms with Crippen LogP contribution in [0.15, 0.2) is 47.3 Å². The summed E-state index contributed by atoms with van der Waals surface area (Å²) >= 11 is 0. The van der Waals surface area contributed by atoms with Crippen LogP contribution in [0.1, 0.15) is 40.7 Å². The maximum Gasteiger partial charge on any atom is 0.326 e. The highest BCUT2D eigenvalue weighted by Crippen LogP contribution is 2.13. The molecule has 0 amide bonds. The van der Waals surface area contributed by atoms with Gasteiger partial charge in [0.1, 0.15) is 0 Å². The van der Waals surface area contributed by atoms with Crippen molar-refractivity contribution >= 4 is 22.8 Å². The average molecular weight is 380 g/mol. The smallest absolute Gasteiger partial charge is 0.326 e. The van der Waals surface area contributed by atoms with E-state index in [-0.39, 0.29) is 30.9 Å².